The van der Waals surface area contributed by atoms with Gasteiger partial charge in [0, 0.05) is 11.0 Å². The molecular formula is C5H11S2. The Kier molecular flexibility index (Phi) is 5.33. The minimum atomic E-state index is 0.383. The lowest BCUT2D eigenvalue weighted by molar-refractivity contribution is 0.824. The van der Waals surface area contributed by atoms with Crippen molar-refractivity contribution in [1.29, 1.82) is 0 Å². The first-order valence-electron chi connectivity index (χ1n) is 2.47. The molecule has 1 atom stereocenters. The maximum atomic E-state index is 4.18. The van der Waals surface area contributed by atoms with E-state index < -0.39 is 0 Å². The molecule has 0 spiro atoms. The first-order valence-corrected chi connectivity index (χ1v) is 3.50. The van der Waals surface area contributed by atoms with Crippen molar-refractivity contribution in [3.63, 3.8) is 0 Å². The SMILES string of the molecule is CCCC(S)[CH]S. The van der Waals surface area contributed by atoms with E-state index >= 15 is 0 Å². The van der Waals surface area contributed by atoms with Crippen LogP contribution in [-0.4, -0.2) is 5.25 Å². The van der Waals surface area contributed by atoms with Crippen LogP contribution in [0, 0.1) is 5.75 Å². The third kappa shape index (κ3) is 4.56. The number of hydrogen-bond acceptors (Lipinski definition) is 2. The molecule has 43 valence electrons. The van der Waals surface area contributed by atoms with Crippen LogP contribution in [-0.2, 0) is 0 Å². The second-order valence-electron chi connectivity index (χ2n) is 1.51. The summed E-state index contributed by atoms with van der Waals surface area (Å²) in [4.78, 5) is 0. The van der Waals surface area contributed by atoms with E-state index in [0.717, 1.165) is 6.42 Å². The maximum Gasteiger partial charge on any atom is 0.0260 e. The molecule has 0 N–H and O–H groups in total. The lowest BCUT2D eigenvalue weighted by atomic mass is 10.3. The molecule has 2 heteroatoms. The van der Waals surface area contributed by atoms with Gasteiger partial charge in [0.1, 0.15) is 0 Å². The van der Waals surface area contributed by atoms with Crippen molar-refractivity contribution in [2.75, 3.05) is 0 Å². The zero-order chi connectivity index (χ0) is 5.70. The van der Waals surface area contributed by atoms with Crippen LogP contribution in [0.4, 0.5) is 0 Å². The van der Waals surface area contributed by atoms with Crippen LogP contribution in [0.2, 0.25) is 0 Å². The van der Waals surface area contributed by atoms with Crippen molar-refractivity contribution in [3.05, 3.63) is 5.75 Å². The molecule has 0 saturated heterocycles. The van der Waals surface area contributed by atoms with E-state index in [2.05, 4.69) is 32.2 Å². The van der Waals surface area contributed by atoms with Crippen LogP contribution in [0.15, 0.2) is 0 Å². The topological polar surface area (TPSA) is 0 Å². The zero-order valence-electron chi connectivity index (χ0n) is 4.46. The fourth-order valence-electron chi connectivity index (χ4n) is 0.370. The lowest BCUT2D eigenvalue weighted by Crippen LogP contribution is -1.92. The van der Waals surface area contributed by atoms with Crippen LogP contribution in [0.1, 0.15) is 19.8 Å². The van der Waals surface area contributed by atoms with Gasteiger partial charge in [0.25, 0.3) is 0 Å². The summed E-state index contributed by atoms with van der Waals surface area (Å²) in [5, 5.41) is 0.383. The first kappa shape index (κ1) is 7.70. The van der Waals surface area contributed by atoms with Crippen LogP contribution in [0.5, 0.6) is 0 Å². The van der Waals surface area contributed by atoms with E-state index in [1.165, 1.54) is 6.42 Å². The van der Waals surface area contributed by atoms with Crippen molar-refractivity contribution in [2.45, 2.75) is 25.0 Å². The highest BCUT2D eigenvalue weighted by atomic mass is 32.1. The highest BCUT2D eigenvalue weighted by Gasteiger charge is 1.94. The van der Waals surface area contributed by atoms with Gasteiger partial charge in [0.15, 0.2) is 0 Å². The van der Waals surface area contributed by atoms with Gasteiger partial charge in [-0.3, -0.25) is 0 Å². The Morgan fingerprint density at radius 3 is 2.43 bits per heavy atom. The van der Waals surface area contributed by atoms with Crippen molar-refractivity contribution >= 4 is 25.3 Å². The van der Waals surface area contributed by atoms with E-state index in [0.29, 0.717) is 5.25 Å². The maximum absolute atomic E-state index is 4.18. The fourth-order valence-corrected chi connectivity index (χ4v) is 0.778. The second-order valence-corrected chi connectivity index (χ2v) is 2.47. The Morgan fingerprint density at radius 2 is 2.29 bits per heavy atom. The smallest absolute Gasteiger partial charge is 0.0260 e. The Hall–Kier alpha value is 0.700. The van der Waals surface area contributed by atoms with Gasteiger partial charge in [0.05, 0.1) is 0 Å². The third-order valence-electron chi connectivity index (χ3n) is 0.757. The van der Waals surface area contributed by atoms with Crippen molar-refractivity contribution in [1.82, 2.24) is 0 Å². The van der Waals surface area contributed by atoms with Crippen molar-refractivity contribution in [3.8, 4) is 0 Å². The van der Waals surface area contributed by atoms with Crippen molar-refractivity contribution in [2.24, 2.45) is 0 Å². The summed E-state index contributed by atoms with van der Waals surface area (Å²) in [6.07, 6.45) is 2.32. The van der Waals surface area contributed by atoms with E-state index in [-0.39, 0.29) is 0 Å². The molecule has 1 unspecified atom stereocenters. The van der Waals surface area contributed by atoms with Gasteiger partial charge in [-0.15, -0.1) is 0 Å². The van der Waals surface area contributed by atoms with E-state index in [1.54, 1.807) is 0 Å². The normalized spacial score (nSPS) is 14.1. The van der Waals surface area contributed by atoms with Crippen LogP contribution in [0.25, 0.3) is 0 Å². The van der Waals surface area contributed by atoms with Gasteiger partial charge < -0.3 is 0 Å². The molecule has 0 heterocycles. The zero-order valence-corrected chi connectivity index (χ0v) is 6.25. The minimum absolute atomic E-state index is 0.383. The Morgan fingerprint density at radius 1 is 1.71 bits per heavy atom. The molecule has 0 fully saturated rings. The highest BCUT2D eigenvalue weighted by molar-refractivity contribution is 7.86. The van der Waals surface area contributed by atoms with Gasteiger partial charge in [-0.2, -0.15) is 25.3 Å². The molecule has 0 nitrogen and oxygen atoms in total. The summed E-state index contributed by atoms with van der Waals surface area (Å²) in [5.74, 6) is 1.81. The largest absolute Gasteiger partial charge is 0.175 e. The molecular weight excluding hydrogens is 124 g/mol. The molecule has 0 rings (SSSR count). The third-order valence-corrected chi connectivity index (χ3v) is 1.76. The molecule has 0 saturated carbocycles. The molecule has 0 aliphatic rings. The van der Waals surface area contributed by atoms with Gasteiger partial charge in [-0.1, -0.05) is 13.3 Å². The molecule has 1 radical (unpaired) electrons. The standard InChI is InChI=1S/C5H11S2/c1-2-3-5(7)4-6/h4-7H,2-3H2,1H3. The Balaban J connectivity index is 2.83. The van der Waals surface area contributed by atoms with Crippen LogP contribution < -0.4 is 0 Å². The van der Waals surface area contributed by atoms with Gasteiger partial charge >= 0.3 is 0 Å². The predicted molar refractivity (Wildman–Crippen MR) is 41.0 cm³/mol. The molecule has 0 aliphatic carbocycles. The molecule has 7 heavy (non-hydrogen) atoms. The average Bonchev–Trinajstić information content (AvgIpc) is 1.68. The molecule has 0 aliphatic heterocycles. The van der Waals surface area contributed by atoms with Gasteiger partial charge in [0.2, 0.25) is 0 Å². The van der Waals surface area contributed by atoms with E-state index in [9.17, 15) is 0 Å². The van der Waals surface area contributed by atoms with E-state index in [4.69, 9.17) is 0 Å². The monoisotopic (exact) mass is 135 g/mol. The van der Waals surface area contributed by atoms with Crippen molar-refractivity contribution < 1.29 is 0 Å². The molecule has 0 aromatic carbocycles. The highest BCUT2D eigenvalue weighted by Crippen LogP contribution is 2.08. The molecule has 0 bridgehead atoms. The first-order chi connectivity index (χ1) is 3.31. The van der Waals surface area contributed by atoms with Crippen LogP contribution >= 0.6 is 25.3 Å². The predicted octanol–water partition coefficient (Wildman–Crippen LogP) is 2.18. The number of hydrogen-bond donors (Lipinski definition) is 2. The van der Waals surface area contributed by atoms with Gasteiger partial charge in [-0.05, 0) is 6.42 Å². The number of rotatable bonds is 3. The summed E-state index contributed by atoms with van der Waals surface area (Å²) in [7, 11) is 0. The Labute approximate surface area is 56.5 Å². The summed E-state index contributed by atoms with van der Waals surface area (Å²) < 4.78 is 0. The minimum Gasteiger partial charge on any atom is -0.175 e. The summed E-state index contributed by atoms with van der Waals surface area (Å²) in [6, 6.07) is 0. The molecule has 0 amide bonds. The quantitative estimate of drug-likeness (QED) is 0.544. The molecule has 0 aromatic heterocycles. The average molecular weight is 135 g/mol. The fraction of sp³-hybridized carbons (Fsp3) is 0.800. The van der Waals surface area contributed by atoms with E-state index in [1.807, 2.05) is 5.75 Å². The van der Waals surface area contributed by atoms with Gasteiger partial charge in [-0.25, -0.2) is 0 Å². The Bertz CT molecular complexity index is 37.1. The molecule has 0 aromatic rings. The summed E-state index contributed by atoms with van der Waals surface area (Å²) in [6.45, 7) is 2.14. The second kappa shape index (κ2) is 4.85. The van der Waals surface area contributed by atoms with Crippen LogP contribution in [0.3, 0.4) is 0 Å². The summed E-state index contributed by atoms with van der Waals surface area (Å²) >= 11 is 8.13. The summed E-state index contributed by atoms with van der Waals surface area (Å²) in [5.41, 5.74) is 0. The lowest BCUT2D eigenvalue weighted by Gasteiger charge is -2.00. The number of thiol groups is 2.